The van der Waals surface area contributed by atoms with E-state index in [9.17, 15) is 0 Å². The molecule has 5 nitrogen and oxygen atoms in total. The van der Waals surface area contributed by atoms with Crippen molar-refractivity contribution in [2.45, 2.75) is 20.0 Å². The topological polar surface area (TPSA) is 62.0 Å². The third-order valence-corrected chi connectivity index (χ3v) is 2.65. The minimum Gasteiger partial charge on any atom is -0.375 e. The second-order valence-electron chi connectivity index (χ2n) is 3.94. The van der Waals surface area contributed by atoms with E-state index in [1.807, 2.05) is 19.9 Å². The molecule has 16 heavy (non-hydrogen) atoms. The Kier molecular flexibility index (Phi) is 3.02. The molecular formula is C11H14N4O. The average molecular weight is 218 g/mol. The molecule has 0 bridgehead atoms. The summed E-state index contributed by atoms with van der Waals surface area (Å²) in [6.45, 7) is 6.33. The number of hydrogen-bond donors (Lipinski definition) is 0. The normalized spacial score (nSPS) is 20.6. The van der Waals surface area contributed by atoms with E-state index in [2.05, 4.69) is 15.1 Å². The third-order valence-electron chi connectivity index (χ3n) is 2.65. The van der Waals surface area contributed by atoms with Gasteiger partial charge >= 0.3 is 0 Å². The first-order valence-corrected chi connectivity index (χ1v) is 5.31. The molecule has 1 saturated heterocycles. The number of aryl methyl sites for hydroxylation is 1. The number of nitriles is 1. The lowest BCUT2D eigenvalue weighted by molar-refractivity contribution is 0.0531. The van der Waals surface area contributed by atoms with Gasteiger partial charge in [-0.1, -0.05) is 0 Å². The van der Waals surface area contributed by atoms with Gasteiger partial charge in [-0.25, -0.2) is 0 Å². The van der Waals surface area contributed by atoms with Crippen molar-refractivity contribution in [2.24, 2.45) is 0 Å². The number of nitrogens with zero attached hydrogens (tertiary/aromatic N) is 4. The van der Waals surface area contributed by atoms with Gasteiger partial charge in [-0.15, -0.1) is 5.10 Å². The first-order chi connectivity index (χ1) is 7.70. The summed E-state index contributed by atoms with van der Waals surface area (Å²) in [6, 6.07) is 3.81. The third kappa shape index (κ3) is 2.12. The molecule has 1 aliphatic rings. The Labute approximate surface area is 94.7 Å². The summed E-state index contributed by atoms with van der Waals surface area (Å²) in [5, 5.41) is 16.6. The van der Waals surface area contributed by atoms with Crippen molar-refractivity contribution in [2.75, 3.05) is 24.6 Å². The lowest BCUT2D eigenvalue weighted by Crippen LogP contribution is -2.41. The fraction of sp³-hybridized carbons (Fsp3) is 0.545. The van der Waals surface area contributed by atoms with Crippen molar-refractivity contribution >= 4 is 5.69 Å². The molecule has 0 aromatic carbocycles. The number of morpholine rings is 1. The second-order valence-corrected chi connectivity index (χ2v) is 3.94. The fourth-order valence-corrected chi connectivity index (χ4v) is 1.85. The van der Waals surface area contributed by atoms with Crippen LogP contribution < -0.4 is 4.90 Å². The van der Waals surface area contributed by atoms with Crippen LogP contribution in [0, 0.1) is 18.3 Å². The molecular weight excluding hydrogens is 204 g/mol. The molecule has 1 aliphatic heterocycles. The van der Waals surface area contributed by atoms with Gasteiger partial charge in [0.15, 0.2) is 5.69 Å². The molecule has 5 heteroatoms. The molecule has 1 aromatic rings. The van der Waals surface area contributed by atoms with Gasteiger partial charge in [0.25, 0.3) is 0 Å². The van der Waals surface area contributed by atoms with Crippen molar-refractivity contribution in [3.05, 3.63) is 17.5 Å². The Morgan fingerprint density at radius 1 is 1.56 bits per heavy atom. The quantitative estimate of drug-likeness (QED) is 0.700. The number of hydrogen-bond acceptors (Lipinski definition) is 5. The zero-order valence-electron chi connectivity index (χ0n) is 9.47. The molecule has 0 aliphatic carbocycles. The predicted molar refractivity (Wildman–Crippen MR) is 59.1 cm³/mol. The van der Waals surface area contributed by atoms with Gasteiger partial charge in [0.1, 0.15) is 6.07 Å². The summed E-state index contributed by atoms with van der Waals surface area (Å²) in [6.07, 6.45) is 0.215. The standard InChI is InChI=1S/C11H14N4O/c1-8-7-15(3-4-16-8)11-5-10(6-12)14-13-9(11)2/h5,8H,3-4,7H2,1-2H3. The van der Waals surface area contributed by atoms with Crippen LogP contribution in [0.1, 0.15) is 18.3 Å². The van der Waals surface area contributed by atoms with Crippen molar-refractivity contribution < 1.29 is 4.74 Å². The SMILES string of the molecule is Cc1nnc(C#N)cc1N1CCOC(C)C1. The summed E-state index contributed by atoms with van der Waals surface area (Å²) < 4.78 is 5.48. The van der Waals surface area contributed by atoms with E-state index in [0.717, 1.165) is 24.5 Å². The van der Waals surface area contributed by atoms with E-state index in [1.165, 1.54) is 0 Å². The van der Waals surface area contributed by atoms with Gasteiger partial charge in [-0.05, 0) is 13.8 Å². The predicted octanol–water partition coefficient (Wildman–Crippen LogP) is 0.882. The summed E-state index contributed by atoms with van der Waals surface area (Å²) >= 11 is 0. The molecule has 0 amide bonds. The molecule has 84 valence electrons. The lowest BCUT2D eigenvalue weighted by Gasteiger charge is -2.33. The highest BCUT2D eigenvalue weighted by Crippen LogP contribution is 2.20. The number of aromatic nitrogens is 2. The van der Waals surface area contributed by atoms with Gasteiger partial charge in [-0.2, -0.15) is 10.4 Å². The molecule has 1 aromatic heterocycles. The summed E-state index contributed by atoms with van der Waals surface area (Å²) in [7, 11) is 0. The largest absolute Gasteiger partial charge is 0.375 e. The highest BCUT2D eigenvalue weighted by molar-refractivity contribution is 5.52. The van der Waals surface area contributed by atoms with Gasteiger partial charge in [0.2, 0.25) is 0 Å². The Morgan fingerprint density at radius 2 is 2.38 bits per heavy atom. The van der Waals surface area contributed by atoms with Crippen LogP contribution in [-0.4, -0.2) is 36.0 Å². The van der Waals surface area contributed by atoms with Crippen molar-refractivity contribution in [3.8, 4) is 6.07 Å². The molecule has 0 radical (unpaired) electrons. The van der Waals surface area contributed by atoms with Crippen LogP contribution >= 0.6 is 0 Å². The molecule has 2 rings (SSSR count). The van der Waals surface area contributed by atoms with Crippen LogP contribution in [0.2, 0.25) is 0 Å². The minimum atomic E-state index is 0.215. The summed E-state index contributed by atoms with van der Waals surface area (Å²) in [4.78, 5) is 2.19. The zero-order chi connectivity index (χ0) is 11.5. The van der Waals surface area contributed by atoms with Gasteiger partial charge in [-0.3, -0.25) is 0 Å². The molecule has 2 heterocycles. The Hall–Kier alpha value is -1.67. The Bertz CT molecular complexity index is 426. The highest BCUT2D eigenvalue weighted by atomic mass is 16.5. The maximum atomic E-state index is 8.81. The van der Waals surface area contributed by atoms with Crippen LogP contribution in [-0.2, 0) is 4.74 Å². The van der Waals surface area contributed by atoms with E-state index in [4.69, 9.17) is 10.00 Å². The highest BCUT2D eigenvalue weighted by Gasteiger charge is 2.19. The van der Waals surface area contributed by atoms with Crippen molar-refractivity contribution in [1.29, 1.82) is 5.26 Å². The van der Waals surface area contributed by atoms with E-state index < -0.39 is 0 Å². The van der Waals surface area contributed by atoms with Crippen molar-refractivity contribution in [3.63, 3.8) is 0 Å². The molecule has 1 fully saturated rings. The smallest absolute Gasteiger partial charge is 0.165 e. The maximum absolute atomic E-state index is 8.81. The van der Waals surface area contributed by atoms with Crippen LogP contribution in [0.3, 0.4) is 0 Å². The average Bonchev–Trinajstić information content (AvgIpc) is 2.30. The van der Waals surface area contributed by atoms with Crippen molar-refractivity contribution in [1.82, 2.24) is 10.2 Å². The Balaban J connectivity index is 2.28. The van der Waals surface area contributed by atoms with E-state index in [0.29, 0.717) is 12.3 Å². The van der Waals surface area contributed by atoms with Crippen LogP contribution in [0.4, 0.5) is 5.69 Å². The lowest BCUT2D eigenvalue weighted by atomic mass is 10.2. The van der Waals surface area contributed by atoms with E-state index in [1.54, 1.807) is 6.07 Å². The number of anilines is 1. The molecule has 0 saturated carbocycles. The monoisotopic (exact) mass is 218 g/mol. The Morgan fingerprint density at radius 3 is 3.06 bits per heavy atom. The van der Waals surface area contributed by atoms with Gasteiger partial charge < -0.3 is 9.64 Å². The van der Waals surface area contributed by atoms with Gasteiger partial charge in [0, 0.05) is 19.2 Å². The summed E-state index contributed by atoms with van der Waals surface area (Å²) in [5.74, 6) is 0. The van der Waals surface area contributed by atoms with Crippen LogP contribution in [0.5, 0.6) is 0 Å². The molecule has 0 spiro atoms. The van der Waals surface area contributed by atoms with E-state index in [-0.39, 0.29) is 6.10 Å². The second kappa shape index (κ2) is 4.45. The van der Waals surface area contributed by atoms with Crippen LogP contribution in [0.15, 0.2) is 6.07 Å². The first-order valence-electron chi connectivity index (χ1n) is 5.31. The maximum Gasteiger partial charge on any atom is 0.165 e. The first kappa shape index (κ1) is 10.8. The number of rotatable bonds is 1. The number of ether oxygens (including phenoxy) is 1. The van der Waals surface area contributed by atoms with Crippen LogP contribution in [0.25, 0.3) is 0 Å². The summed E-state index contributed by atoms with van der Waals surface area (Å²) in [5.41, 5.74) is 2.20. The minimum absolute atomic E-state index is 0.215. The van der Waals surface area contributed by atoms with Gasteiger partial charge in [0.05, 0.1) is 24.1 Å². The molecule has 1 unspecified atom stereocenters. The molecule has 1 atom stereocenters. The fourth-order valence-electron chi connectivity index (χ4n) is 1.85. The molecule has 0 N–H and O–H groups in total. The van der Waals surface area contributed by atoms with E-state index >= 15 is 0 Å². The zero-order valence-corrected chi connectivity index (χ0v) is 9.47.